The molecule has 0 fully saturated rings. The molecule has 4 aromatic rings. The number of ether oxygens (including phenoxy) is 2. The number of fused-ring (bicyclic) bond motifs is 1. The van der Waals surface area contributed by atoms with E-state index in [0.717, 1.165) is 4.70 Å². The number of benzene rings is 3. The summed E-state index contributed by atoms with van der Waals surface area (Å²) in [5.74, 6) is 3.24. The van der Waals surface area contributed by atoms with Crippen LogP contribution in [0.1, 0.15) is 10.4 Å². The van der Waals surface area contributed by atoms with Crippen molar-refractivity contribution in [2.24, 2.45) is 4.99 Å². The Morgan fingerprint density at radius 3 is 2.31 bits per heavy atom. The van der Waals surface area contributed by atoms with Crippen molar-refractivity contribution in [3.05, 3.63) is 76.1 Å². The molecule has 1 heterocycles. The molecule has 36 heavy (non-hydrogen) atoms. The van der Waals surface area contributed by atoms with Crippen molar-refractivity contribution in [1.82, 2.24) is 4.57 Å². The maximum absolute atomic E-state index is 13.0. The monoisotopic (exact) mass is 541 g/mol. The second-order valence-electron chi connectivity index (χ2n) is 7.38. The summed E-state index contributed by atoms with van der Waals surface area (Å²) in [4.78, 5) is 17.7. The van der Waals surface area contributed by atoms with Crippen molar-refractivity contribution in [3.8, 4) is 23.8 Å². The molecule has 8 nitrogen and oxygen atoms in total. The van der Waals surface area contributed by atoms with E-state index in [2.05, 4.69) is 15.6 Å². The van der Waals surface area contributed by atoms with Gasteiger partial charge in [-0.2, -0.15) is 4.99 Å². The lowest BCUT2D eigenvalue weighted by Crippen LogP contribution is -2.17. The van der Waals surface area contributed by atoms with Gasteiger partial charge in [0.25, 0.3) is 15.9 Å². The highest BCUT2D eigenvalue weighted by Gasteiger charge is 2.17. The summed E-state index contributed by atoms with van der Waals surface area (Å²) in [5, 5.41) is 0.430. The van der Waals surface area contributed by atoms with E-state index in [1.165, 1.54) is 59.9 Å². The molecule has 11 heteroatoms. The van der Waals surface area contributed by atoms with Crippen molar-refractivity contribution >= 4 is 54.8 Å². The predicted molar refractivity (Wildman–Crippen MR) is 140 cm³/mol. The van der Waals surface area contributed by atoms with Gasteiger partial charge in [-0.1, -0.05) is 28.9 Å². The zero-order valence-electron chi connectivity index (χ0n) is 19.2. The Morgan fingerprint density at radius 1 is 1.06 bits per heavy atom. The van der Waals surface area contributed by atoms with Crippen LogP contribution in [-0.2, 0) is 16.6 Å². The number of carbonyl (C=O) groups is 1. The topological polar surface area (TPSA) is 99.0 Å². The number of nitrogens with one attached hydrogen (secondary N) is 1. The maximum Gasteiger partial charge on any atom is 0.279 e. The number of aromatic nitrogens is 1. The number of methoxy groups -OCH3 is 2. The van der Waals surface area contributed by atoms with Gasteiger partial charge in [0.05, 0.1) is 25.7 Å². The average molecular weight is 542 g/mol. The molecule has 184 valence electrons. The van der Waals surface area contributed by atoms with Crippen LogP contribution in [0, 0.1) is 12.3 Å². The lowest BCUT2D eigenvalue weighted by Gasteiger charge is -2.08. The third kappa shape index (κ3) is 5.09. The average Bonchev–Trinajstić information content (AvgIpc) is 3.22. The summed E-state index contributed by atoms with van der Waals surface area (Å²) >= 11 is 7.08. The van der Waals surface area contributed by atoms with Gasteiger partial charge < -0.3 is 14.0 Å². The Balaban J connectivity index is 1.67. The number of carbonyl (C=O) groups excluding carboxylic acids is 1. The molecule has 0 atom stereocenters. The standard InChI is InChI=1S/C25H20ClN3O5S2/c1-4-15-29-22-20(33-2)13-14-21(34-3)23(22)35-25(29)27-24(30)16-5-9-18(10-6-16)28-36(31,32)19-11-7-17(26)8-12-19/h1,5-14,28H,15H2,2-3H3. The molecule has 0 radical (unpaired) electrons. The van der Waals surface area contributed by atoms with E-state index in [1.54, 1.807) is 30.9 Å². The van der Waals surface area contributed by atoms with E-state index in [9.17, 15) is 13.2 Å². The molecule has 4 rings (SSSR count). The number of sulfonamides is 1. The van der Waals surface area contributed by atoms with Crippen LogP contribution in [0.3, 0.4) is 0 Å². The van der Waals surface area contributed by atoms with Crippen LogP contribution >= 0.6 is 22.9 Å². The van der Waals surface area contributed by atoms with Crippen LogP contribution in [0.2, 0.25) is 5.02 Å². The Labute approximate surface area is 216 Å². The number of halogens is 1. The second kappa shape index (κ2) is 10.5. The molecule has 1 amide bonds. The quantitative estimate of drug-likeness (QED) is 0.346. The first-order valence-electron chi connectivity index (χ1n) is 10.4. The summed E-state index contributed by atoms with van der Waals surface area (Å²) in [6.07, 6.45) is 5.57. The zero-order valence-corrected chi connectivity index (χ0v) is 21.6. The molecule has 0 spiro atoms. The van der Waals surface area contributed by atoms with Gasteiger partial charge in [0.2, 0.25) is 0 Å². The van der Waals surface area contributed by atoms with Crippen molar-refractivity contribution in [2.75, 3.05) is 18.9 Å². The van der Waals surface area contributed by atoms with Crippen LogP contribution in [0.15, 0.2) is 70.6 Å². The van der Waals surface area contributed by atoms with E-state index < -0.39 is 15.9 Å². The van der Waals surface area contributed by atoms with Crippen LogP contribution in [0.4, 0.5) is 5.69 Å². The van der Waals surface area contributed by atoms with Gasteiger partial charge >= 0.3 is 0 Å². The van der Waals surface area contributed by atoms with E-state index in [1.807, 2.05) is 0 Å². The van der Waals surface area contributed by atoms with Crippen molar-refractivity contribution in [3.63, 3.8) is 0 Å². The van der Waals surface area contributed by atoms with Crippen LogP contribution < -0.4 is 19.0 Å². The number of hydrogen-bond donors (Lipinski definition) is 1. The van der Waals surface area contributed by atoms with Gasteiger partial charge in [-0.3, -0.25) is 9.52 Å². The first kappa shape index (κ1) is 25.3. The number of anilines is 1. The minimum atomic E-state index is -3.81. The van der Waals surface area contributed by atoms with E-state index >= 15 is 0 Å². The smallest absolute Gasteiger partial charge is 0.279 e. The third-order valence-corrected chi connectivity index (χ3v) is 7.89. The van der Waals surface area contributed by atoms with Gasteiger partial charge in [0, 0.05) is 16.3 Å². The summed E-state index contributed by atoms with van der Waals surface area (Å²) < 4.78 is 41.0. The number of thiazole rings is 1. The SMILES string of the molecule is C#CCn1c(=NC(=O)c2ccc(NS(=O)(=O)c3ccc(Cl)cc3)cc2)sc2c(OC)ccc(OC)c21. The number of amides is 1. The Bertz CT molecular complexity index is 1650. The molecule has 3 aromatic carbocycles. The number of hydrogen-bond acceptors (Lipinski definition) is 6. The molecule has 0 aliphatic heterocycles. The van der Waals surface area contributed by atoms with Crippen LogP contribution in [0.25, 0.3) is 10.2 Å². The van der Waals surface area contributed by atoms with Crippen LogP contribution in [-0.4, -0.2) is 33.1 Å². The maximum atomic E-state index is 13.0. The summed E-state index contributed by atoms with van der Waals surface area (Å²) in [6.45, 7) is 0.168. The van der Waals surface area contributed by atoms with Crippen LogP contribution in [0.5, 0.6) is 11.5 Å². The van der Waals surface area contributed by atoms with E-state index in [4.69, 9.17) is 27.5 Å². The van der Waals surface area contributed by atoms with Crippen molar-refractivity contribution in [2.45, 2.75) is 11.4 Å². The van der Waals surface area contributed by atoms with Crippen molar-refractivity contribution < 1.29 is 22.7 Å². The molecular weight excluding hydrogens is 522 g/mol. The Morgan fingerprint density at radius 2 is 1.69 bits per heavy atom. The van der Waals surface area contributed by atoms with Crippen molar-refractivity contribution in [1.29, 1.82) is 0 Å². The minimum Gasteiger partial charge on any atom is -0.495 e. The largest absolute Gasteiger partial charge is 0.495 e. The highest BCUT2D eigenvalue weighted by atomic mass is 35.5. The first-order valence-corrected chi connectivity index (χ1v) is 13.1. The molecule has 1 N–H and O–H groups in total. The lowest BCUT2D eigenvalue weighted by molar-refractivity contribution is 0.0998. The molecule has 0 saturated carbocycles. The summed E-state index contributed by atoms with van der Waals surface area (Å²) in [6, 6.07) is 15.3. The zero-order chi connectivity index (χ0) is 25.9. The Hall–Kier alpha value is -3.78. The summed E-state index contributed by atoms with van der Waals surface area (Å²) in [5.41, 5.74) is 1.24. The fourth-order valence-electron chi connectivity index (χ4n) is 3.44. The summed E-state index contributed by atoms with van der Waals surface area (Å²) in [7, 11) is -0.715. The van der Waals surface area contributed by atoms with E-state index in [-0.39, 0.29) is 17.0 Å². The molecule has 0 aliphatic carbocycles. The number of terminal acetylenes is 1. The van der Waals surface area contributed by atoms with Gasteiger partial charge in [-0.05, 0) is 60.7 Å². The molecule has 1 aromatic heterocycles. The molecule has 0 bridgehead atoms. The fourth-order valence-corrected chi connectivity index (χ4v) is 5.76. The fraction of sp³-hybridized carbons (Fsp3) is 0.120. The highest BCUT2D eigenvalue weighted by Crippen LogP contribution is 2.35. The van der Waals surface area contributed by atoms with Gasteiger partial charge in [-0.15, -0.1) is 6.42 Å². The normalized spacial score (nSPS) is 11.8. The highest BCUT2D eigenvalue weighted by molar-refractivity contribution is 7.92. The van der Waals surface area contributed by atoms with Gasteiger partial charge in [-0.25, -0.2) is 8.42 Å². The van der Waals surface area contributed by atoms with E-state index in [0.29, 0.717) is 32.5 Å². The third-order valence-electron chi connectivity index (χ3n) is 5.15. The lowest BCUT2D eigenvalue weighted by atomic mass is 10.2. The van der Waals surface area contributed by atoms with Gasteiger partial charge in [0.1, 0.15) is 21.7 Å². The molecule has 0 unspecified atom stereocenters. The molecular formula is C25H20ClN3O5S2. The Kier molecular flexibility index (Phi) is 7.35. The number of nitrogens with zero attached hydrogens (tertiary/aromatic N) is 2. The number of rotatable bonds is 7. The first-order chi connectivity index (χ1) is 17.3. The minimum absolute atomic E-state index is 0.0655. The predicted octanol–water partition coefficient (Wildman–Crippen LogP) is 4.55. The second-order valence-corrected chi connectivity index (χ2v) is 10.5. The molecule has 0 saturated heterocycles. The van der Waals surface area contributed by atoms with Gasteiger partial charge in [0.15, 0.2) is 4.80 Å². The molecule has 0 aliphatic rings.